The molecule has 0 bridgehead atoms. The van der Waals surface area contributed by atoms with Crippen molar-refractivity contribution >= 4 is 34.5 Å². The summed E-state index contributed by atoms with van der Waals surface area (Å²) in [5.41, 5.74) is 2.43. The topological polar surface area (TPSA) is 60.0 Å². The van der Waals surface area contributed by atoms with Crippen molar-refractivity contribution < 1.29 is 9.47 Å². The molecule has 0 spiro atoms. The van der Waals surface area contributed by atoms with E-state index in [2.05, 4.69) is 15.0 Å². The Morgan fingerprint density at radius 1 is 1.11 bits per heavy atom. The maximum atomic E-state index is 6.07. The number of fused-ring (bicyclic) bond motifs is 1. The summed E-state index contributed by atoms with van der Waals surface area (Å²) in [5, 5.41) is 0.736. The van der Waals surface area contributed by atoms with Gasteiger partial charge in [0.15, 0.2) is 5.65 Å². The number of methoxy groups -OCH3 is 1. The SMILES string of the molecule is COc1ccc(-c2nc3ncccc3[nH]2)c(OCCSc2cccc(Cl)c2)c1. The minimum absolute atomic E-state index is 0.538. The minimum Gasteiger partial charge on any atom is -0.497 e. The lowest BCUT2D eigenvalue weighted by Crippen LogP contribution is -2.02. The Balaban J connectivity index is 1.52. The van der Waals surface area contributed by atoms with E-state index in [1.165, 1.54) is 0 Å². The molecule has 0 aliphatic heterocycles. The first-order valence-electron chi connectivity index (χ1n) is 8.73. The number of aromatic amines is 1. The summed E-state index contributed by atoms with van der Waals surface area (Å²) in [7, 11) is 1.64. The number of halogens is 1. The Bertz CT molecular complexity index is 1070. The molecular weight excluding hydrogens is 394 g/mol. The third-order valence-electron chi connectivity index (χ3n) is 4.11. The summed E-state index contributed by atoms with van der Waals surface area (Å²) < 4.78 is 11.4. The molecule has 0 unspecified atom stereocenters. The molecule has 4 rings (SSSR count). The summed E-state index contributed by atoms with van der Waals surface area (Å²) >= 11 is 7.73. The smallest absolute Gasteiger partial charge is 0.178 e. The van der Waals surface area contributed by atoms with Crippen molar-refractivity contribution in [3.05, 3.63) is 65.8 Å². The first-order valence-corrected chi connectivity index (χ1v) is 10.1. The molecule has 2 aromatic carbocycles. The molecule has 0 amide bonds. The zero-order valence-corrected chi connectivity index (χ0v) is 16.8. The molecule has 2 heterocycles. The highest BCUT2D eigenvalue weighted by molar-refractivity contribution is 7.99. The molecule has 0 radical (unpaired) electrons. The van der Waals surface area contributed by atoms with Gasteiger partial charge < -0.3 is 14.5 Å². The number of hydrogen-bond donors (Lipinski definition) is 1. The van der Waals surface area contributed by atoms with Gasteiger partial charge in [0.05, 0.1) is 24.8 Å². The molecule has 142 valence electrons. The summed E-state index contributed by atoms with van der Waals surface area (Å²) in [6.07, 6.45) is 1.73. The van der Waals surface area contributed by atoms with E-state index >= 15 is 0 Å². The quantitative estimate of drug-likeness (QED) is 0.323. The number of imidazole rings is 1. The number of aromatic nitrogens is 3. The standard InChI is InChI=1S/C21H18ClN3O2S/c1-26-15-7-8-17(20-24-18-6-3-9-23-21(18)25-20)19(13-15)27-10-11-28-16-5-2-4-14(22)12-16/h2-9,12-13H,10-11H2,1H3,(H,23,24,25). The van der Waals surface area contributed by atoms with Crippen LogP contribution in [0, 0.1) is 0 Å². The number of pyridine rings is 1. The van der Waals surface area contributed by atoms with Crippen molar-refractivity contribution in [3.8, 4) is 22.9 Å². The van der Waals surface area contributed by atoms with E-state index in [9.17, 15) is 0 Å². The lowest BCUT2D eigenvalue weighted by molar-refractivity contribution is 0.341. The van der Waals surface area contributed by atoms with Gasteiger partial charge in [-0.05, 0) is 42.5 Å². The second-order valence-electron chi connectivity index (χ2n) is 5.98. The van der Waals surface area contributed by atoms with Gasteiger partial charge in [-0.15, -0.1) is 11.8 Å². The summed E-state index contributed by atoms with van der Waals surface area (Å²) in [4.78, 5) is 13.3. The lowest BCUT2D eigenvalue weighted by atomic mass is 10.2. The number of hydrogen-bond acceptors (Lipinski definition) is 5. The minimum atomic E-state index is 0.538. The van der Waals surface area contributed by atoms with Gasteiger partial charge in [0.1, 0.15) is 17.3 Å². The van der Waals surface area contributed by atoms with Crippen LogP contribution in [0.25, 0.3) is 22.6 Å². The maximum Gasteiger partial charge on any atom is 0.178 e. The summed E-state index contributed by atoms with van der Waals surface area (Å²) in [5.74, 6) is 2.95. The van der Waals surface area contributed by atoms with Crippen LogP contribution in [0.4, 0.5) is 0 Å². The van der Waals surface area contributed by atoms with Crippen molar-refractivity contribution in [2.24, 2.45) is 0 Å². The first-order chi connectivity index (χ1) is 13.7. The van der Waals surface area contributed by atoms with Crippen LogP contribution in [0.1, 0.15) is 0 Å². The van der Waals surface area contributed by atoms with Crippen molar-refractivity contribution in [1.82, 2.24) is 15.0 Å². The van der Waals surface area contributed by atoms with E-state index in [1.54, 1.807) is 25.1 Å². The highest BCUT2D eigenvalue weighted by Gasteiger charge is 2.13. The Hall–Kier alpha value is -2.70. The molecule has 0 atom stereocenters. The van der Waals surface area contributed by atoms with Gasteiger partial charge in [0.25, 0.3) is 0 Å². The third kappa shape index (κ3) is 4.24. The van der Waals surface area contributed by atoms with Crippen molar-refractivity contribution in [2.45, 2.75) is 4.90 Å². The average molecular weight is 412 g/mol. The maximum absolute atomic E-state index is 6.07. The predicted octanol–water partition coefficient (Wildman–Crippen LogP) is 5.46. The Morgan fingerprint density at radius 3 is 2.86 bits per heavy atom. The zero-order valence-electron chi connectivity index (χ0n) is 15.2. The van der Waals surface area contributed by atoms with Crippen LogP contribution in [0.3, 0.4) is 0 Å². The zero-order chi connectivity index (χ0) is 19.3. The average Bonchev–Trinajstić information content (AvgIpc) is 3.15. The molecule has 0 saturated heterocycles. The van der Waals surface area contributed by atoms with E-state index in [0.717, 1.165) is 32.5 Å². The summed E-state index contributed by atoms with van der Waals surface area (Å²) in [6.45, 7) is 0.538. The van der Waals surface area contributed by atoms with Gasteiger partial charge >= 0.3 is 0 Å². The molecule has 0 fully saturated rings. The Morgan fingerprint density at radius 2 is 2.04 bits per heavy atom. The Labute approximate surface area is 172 Å². The van der Waals surface area contributed by atoms with Gasteiger partial charge in [0.2, 0.25) is 0 Å². The lowest BCUT2D eigenvalue weighted by Gasteiger charge is -2.12. The van der Waals surface area contributed by atoms with Crippen LogP contribution in [0.2, 0.25) is 5.02 Å². The first kappa shape index (κ1) is 18.7. The number of H-pyrrole nitrogens is 1. The van der Waals surface area contributed by atoms with Crippen molar-refractivity contribution in [3.63, 3.8) is 0 Å². The fourth-order valence-corrected chi connectivity index (χ4v) is 3.83. The number of thioether (sulfide) groups is 1. The predicted molar refractivity (Wildman–Crippen MR) is 114 cm³/mol. The van der Waals surface area contributed by atoms with Crippen LogP contribution >= 0.6 is 23.4 Å². The fraction of sp³-hybridized carbons (Fsp3) is 0.143. The second-order valence-corrected chi connectivity index (χ2v) is 7.58. The molecule has 0 saturated carbocycles. The van der Waals surface area contributed by atoms with Gasteiger partial charge in [-0.3, -0.25) is 0 Å². The molecule has 2 aromatic heterocycles. The number of nitrogens with one attached hydrogen (secondary N) is 1. The molecule has 5 nitrogen and oxygen atoms in total. The molecular formula is C21H18ClN3O2S. The normalized spacial score (nSPS) is 10.9. The number of rotatable bonds is 7. The molecule has 1 N–H and O–H groups in total. The van der Waals surface area contributed by atoms with Gasteiger partial charge in [-0.25, -0.2) is 9.97 Å². The summed E-state index contributed by atoms with van der Waals surface area (Å²) in [6, 6.07) is 17.3. The highest BCUT2D eigenvalue weighted by atomic mass is 35.5. The van der Waals surface area contributed by atoms with Crippen molar-refractivity contribution in [2.75, 3.05) is 19.5 Å². The monoisotopic (exact) mass is 411 g/mol. The van der Waals surface area contributed by atoms with E-state index < -0.39 is 0 Å². The van der Waals surface area contributed by atoms with Crippen LogP contribution in [0.15, 0.2) is 65.7 Å². The van der Waals surface area contributed by atoms with E-state index in [0.29, 0.717) is 23.8 Å². The molecule has 28 heavy (non-hydrogen) atoms. The molecule has 4 aromatic rings. The van der Waals surface area contributed by atoms with E-state index in [4.69, 9.17) is 21.1 Å². The van der Waals surface area contributed by atoms with Gasteiger partial charge in [-0.1, -0.05) is 17.7 Å². The van der Waals surface area contributed by atoms with Crippen molar-refractivity contribution in [1.29, 1.82) is 0 Å². The molecule has 0 aliphatic carbocycles. The van der Waals surface area contributed by atoms with Gasteiger partial charge in [-0.2, -0.15) is 0 Å². The van der Waals surface area contributed by atoms with Crippen LogP contribution in [-0.4, -0.2) is 34.4 Å². The van der Waals surface area contributed by atoms with E-state index in [-0.39, 0.29) is 0 Å². The number of nitrogens with zero attached hydrogens (tertiary/aromatic N) is 2. The third-order valence-corrected chi connectivity index (χ3v) is 5.30. The highest BCUT2D eigenvalue weighted by Crippen LogP contribution is 2.33. The van der Waals surface area contributed by atoms with Crippen LogP contribution in [0.5, 0.6) is 11.5 Å². The molecule has 7 heteroatoms. The van der Waals surface area contributed by atoms with Crippen LogP contribution in [-0.2, 0) is 0 Å². The number of ether oxygens (including phenoxy) is 2. The largest absolute Gasteiger partial charge is 0.497 e. The fourth-order valence-electron chi connectivity index (χ4n) is 2.79. The van der Waals surface area contributed by atoms with E-state index in [1.807, 2.05) is 54.6 Å². The second kappa shape index (κ2) is 8.54. The van der Waals surface area contributed by atoms with Crippen LogP contribution < -0.4 is 9.47 Å². The Kier molecular flexibility index (Phi) is 5.69. The molecule has 0 aliphatic rings. The number of benzene rings is 2. The van der Waals surface area contributed by atoms with Gasteiger partial charge in [0, 0.05) is 27.9 Å².